The molecule has 7 nitrogen and oxygen atoms in total. The molecule has 0 radical (unpaired) electrons. The van der Waals surface area contributed by atoms with Gasteiger partial charge < -0.3 is 15.7 Å². The Labute approximate surface area is 214 Å². The van der Waals surface area contributed by atoms with Gasteiger partial charge in [-0.25, -0.2) is 4.98 Å². The zero-order valence-electron chi connectivity index (χ0n) is 18.0. The first-order valence-corrected chi connectivity index (χ1v) is 12.8. The highest BCUT2D eigenvalue weighted by molar-refractivity contribution is 8.00. The number of carboxylic acid groups (broad SMARTS) is 1. The number of carboxylic acids is 1. The lowest BCUT2D eigenvalue weighted by Gasteiger charge is -2.14. The van der Waals surface area contributed by atoms with Crippen LogP contribution in [0.4, 0.5) is 10.8 Å². The van der Waals surface area contributed by atoms with Crippen molar-refractivity contribution in [2.45, 2.75) is 36.3 Å². The molecule has 0 saturated carbocycles. The number of rotatable bonds is 10. The summed E-state index contributed by atoms with van der Waals surface area (Å²) in [6.45, 7) is 1.91. The van der Waals surface area contributed by atoms with E-state index < -0.39 is 5.97 Å². The number of nitrogens with zero attached hydrogens (tertiary/aromatic N) is 1. The number of carbonyl (C=O) groups is 3. The fourth-order valence-corrected chi connectivity index (χ4v) is 5.15. The van der Waals surface area contributed by atoms with Gasteiger partial charge in [-0.15, -0.1) is 23.1 Å². The summed E-state index contributed by atoms with van der Waals surface area (Å²) in [6, 6.07) is 12.2. The number of aliphatic carboxylic acids is 1. The van der Waals surface area contributed by atoms with Crippen LogP contribution >= 0.6 is 46.3 Å². The molecule has 2 amide bonds. The quantitative estimate of drug-likeness (QED) is 0.257. The van der Waals surface area contributed by atoms with Gasteiger partial charge in [0.05, 0.1) is 22.4 Å². The van der Waals surface area contributed by atoms with E-state index in [-0.39, 0.29) is 29.9 Å². The minimum Gasteiger partial charge on any atom is -0.481 e. The van der Waals surface area contributed by atoms with Crippen molar-refractivity contribution in [2.75, 3.05) is 10.6 Å². The molecule has 0 aliphatic heterocycles. The number of anilines is 2. The van der Waals surface area contributed by atoms with E-state index >= 15 is 0 Å². The van der Waals surface area contributed by atoms with Gasteiger partial charge in [0.2, 0.25) is 11.8 Å². The normalized spacial score (nSPS) is 11.6. The van der Waals surface area contributed by atoms with E-state index in [1.165, 1.54) is 23.1 Å². The molecule has 34 heavy (non-hydrogen) atoms. The van der Waals surface area contributed by atoms with Crippen molar-refractivity contribution in [3.05, 3.63) is 57.9 Å². The van der Waals surface area contributed by atoms with E-state index in [1.54, 1.807) is 36.4 Å². The van der Waals surface area contributed by atoms with Gasteiger partial charge in [-0.05, 0) is 42.8 Å². The van der Waals surface area contributed by atoms with Crippen molar-refractivity contribution in [1.29, 1.82) is 0 Å². The summed E-state index contributed by atoms with van der Waals surface area (Å²) in [5, 5.41) is 17.1. The van der Waals surface area contributed by atoms with Gasteiger partial charge in [0.25, 0.3) is 0 Å². The Morgan fingerprint density at radius 2 is 1.91 bits per heavy atom. The zero-order chi connectivity index (χ0) is 24.7. The van der Waals surface area contributed by atoms with Crippen molar-refractivity contribution >= 4 is 74.9 Å². The molecule has 3 aromatic rings. The highest BCUT2D eigenvalue weighted by Crippen LogP contribution is 2.33. The smallest absolute Gasteiger partial charge is 0.303 e. The average Bonchev–Trinajstić information content (AvgIpc) is 3.24. The third-order valence-corrected chi connectivity index (χ3v) is 7.23. The van der Waals surface area contributed by atoms with Crippen LogP contribution in [-0.2, 0) is 14.4 Å². The molecule has 0 spiro atoms. The number of amides is 2. The van der Waals surface area contributed by atoms with E-state index in [4.69, 9.17) is 28.3 Å². The first kappa shape index (κ1) is 26.0. The number of thiazole rings is 1. The standard InChI is InChI=1S/C23H21Cl2N3O4S2/c1-2-19(34-15-5-3-4-14(11-15)26-20(29)8-9-21(30)31)22(32)28-23-27-18(12-33-23)16-7-6-13(24)10-17(16)25/h3-7,10-12,19H,2,8-9H2,1H3,(H,26,29)(H,30,31)(H,27,28,32). The van der Waals surface area contributed by atoms with E-state index in [2.05, 4.69) is 15.6 Å². The van der Waals surface area contributed by atoms with Crippen LogP contribution in [0.25, 0.3) is 11.3 Å². The summed E-state index contributed by atoms with van der Waals surface area (Å²) in [4.78, 5) is 40.7. The van der Waals surface area contributed by atoms with Crippen LogP contribution < -0.4 is 10.6 Å². The molecule has 0 aliphatic carbocycles. The molecule has 1 heterocycles. The van der Waals surface area contributed by atoms with Crippen molar-refractivity contribution < 1.29 is 19.5 Å². The predicted octanol–water partition coefficient (Wildman–Crippen LogP) is 6.43. The molecular formula is C23H21Cl2N3O4S2. The molecule has 11 heteroatoms. The molecule has 1 unspecified atom stereocenters. The Bertz CT molecular complexity index is 1200. The predicted molar refractivity (Wildman–Crippen MR) is 138 cm³/mol. The Kier molecular flexibility index (Phi) is 9.35. The van der Waals surface area contributed by atoms with Crippen LogP contribution in [0.2, 0.25) is 10.0 Å². The van der Waals surface area contributed by atoms with Crippen molar-refractivity contribution in [1.82, 2.24) is 4.98 Å². The summed E-state index contributed by atoms with van der Waals surface area (Å²) in [7, 11) is 0. The molecule has 3 rings (SSSR count). The summed E-state index contributed by atoms with van der Waals surface area (Å²) >= 11 is 14.9. The number of halogens is 2. The molecule has 1 atom stereocenters. The first-order valence-electron chi connectivity index (χ1n) is 10.3. The lowest BCUT2D eigenvalue weighted by molar-refractivity contribution is -0.138. The van der Waals surface area contributed by atoms with E-state index in [9.17, 15) is 14.4 Å². The second-order valence-corrected chi connectivity index (χ2v) is 10.1. The summed E-state index contributed by atoms with van der Waals surface area (Å²) in [5.74, 6) is -1.60. The number of carbonyl (C=O) groups excluding carboxylic acids is 2. The molecule has 178 valence electrons. The molecule has 0 saturated heterocycles. The molecule has 0 fully saturated rings. The van der Waals surface area contributed by atoms with Crippen molar-refractivity contribution in [3.8, 4) is 11.3 Å². The van der Waals surface area contributed by atoms with Crippen molar-refractivity contribution in [2.24, 2.45) is 0 Å². The number of thioether (sulfide) groups is 1. The van der Waals surface area contributed by atoms with E-state index in [0.717, 1.165) is 10.5 Å². The van der Waals surface area contributed by atoms with Gasteiger partial charge >= 0.3 is 5.97 Å². The van der Waals surface area contributed by atoms with Crippen molar-refractivity contribution in [3.63, 3.8) is 0 Å². The van der Waals surface area contributed by atoms with Crippen LogP contribution in [0, 0.1) is 0 Å². The number of benzene rings is 2. The van der Waals surface area contributed by atoms with Gasteiger partial charge in [0, 0.05) is 33.0 Å². The highest BCUT2D eigenvalue weighted by atomic mass is 35.5. The number of hydrogen-bond acceptors (Lipinski definition) is 6. The minimum atomic E-state index is -1.03. The minimum absolute atomic E-state index is 0.107. The summed E-state index contributed by atoms with van der Waals surface area (Å²) in [5.41, 5.74) is 1.92. The third-order valence-electron chi connectivity index (χ3n) is 4.57. The molecule has 0 bridgehead atoms. The maximum Gasteiger partial charge on any atom is 0.303 e. The maximum atomic E-state index is 12.9. The second-order valence-electron chi connectivity index (χ2n) is 7.14. The number of aromatic nitrogens is 1. The Morgan fingerprint density at radius 1 is 1.12 bits per heavy atom. The monoisotopic (exact) mass is 537 g/mol. The van der Waals surface area contributed by atoms with E-state index in [0.29, 0.717) is 33.0 Å². The summed E-state index contributed by atoms with van der Waals surface area (Å²) < 4.78 is 0. The van der Waals surface area contributed by atoms with Crippen LogP contribution in [0.1, 0.15) is 26.2 Å². The van der Waals surface area contributed by atoms with Gasteiger partial charge in [0.15, 0.2) is 5.13 Å². The Balaban J connectivity index is 1.63. The maximum absolute atomic E-state index is 12.9. The number of nitrogens with one attached hydrogen (secondary N) is 2. The largest absolute Gasteiger partial charge is 0.481 e. The highest BCUT2D eigenvalue weighted by Gasteiger charge is 2.20. The van der Waals surface area contributed by atoms with Gasteiger partial charge in [-0.1, -0.05) is 36.2 Å². The van der Waals surface area contributed by atoms with E-state index in [1.807, 2.05) is 18.4 Å². The zero-order valence-corrected chi connectivity index (χ0v) is 21.2. The fraction of sp³-hybridized carbons (Fsp3) is 0.217. The number of hydrogen-bond donors (Lipinski definition) is 3. The topological polar surface area (TPSA) is 108 Å². The first-order chi connectivity index (χ1) is 16.2. The lowest BCUT2D eigenvalue weighted by Crippen LogP contribution is -2.24. The van der Waals surface area contributed by atoms with Crippen LogP contribution in [-0.4, -0.2) is 33.1 Å². The van der Waals surface area contributed by atoms with Crippen LogP contribution in [0.3, 0.4) is 0 Å². The summed E-state index contributed by atoms with van der Waals surface area (Å²) in [6.07, 6.45) is 0.234. The molecule has 2 aromatic carbocycles. The van der Waals surface area contributed by atoms with Crippen LogP contribution in [0.5, 0.6) is 0 Å². The van der Waals surface area contributed by atoms with Gasteiger partial charge in [0.1, 0.15) is 0 Å². The average molecular weight is 538 g/mol. The fourth-order valence-electron chi connectivity index (χ4n) is 2.92. The Morgan fingerprint density at radius 3 is 2.62 bits per heavy atom. The molecule has 0 aliphatic rings. The van der Waals surface area contributed by atoms with Gasteiger partial charge in [-0.3, -0.25) is 14.4 Å². The SMILES string of the molecule is CCC(Sc1cccc(NC(=O)CCC(=O)O)c1)C(=O)Nc1nc(-c2ccc(Cl)cc2Cl)cs1. The second kappa shape index (κ2) is 12.2. The Hall–Kier alpha value is -2.59. The van der Waals surface area contributed by atoms with Gasteiger partial charge in [-0.2, -0.15) is 0 Å². The molecular weight excluding hydrogens is 517 g/mol. The van der Waals surface area contributed by atoms with Crippen LogP contribution in [0.15, 0.2) is 52.7 Å². The molecule has 1 aromatic heterocycles. The third kappa shape index (κ3) is 7.46. The molecule has 3 N–H and O–H groups in total. The lowest BCUT2D eigenvalue weighted by atomic mass is 10.2.